The summed E-state index contributed by atoms with van der Waals surface area (Å²) in [6.45, 7) is 0. The Morgan fingerprint density at radius 1 is 0.943 bits per heavy atom. The Balaban J connectivity index is 1.85. The van der Waals surface area contributed by atoms with E-state index in [1.54, 1.807) is 0 Å². The minimum Gasteiger partial charge on any atom is -0.507 e. The molecule has 1 aliphatic heterocycles. The lowest BCUT2D eigenvalue weighted by molar-refractivity contribution is -0.271. The third kappa shape index (κ3) is 4.17. The predicted molar refractivity (Wildman–Crippen MR) is 114 cm³/mol. The Morgan fingerprint density at radius 3 is 2.31 bits per heavy atom. The first-order valence-corrected chi connectivity index (χ1v) is 10.0. The first-order chi connectivity index (χ1) is 16.5. The number of rotatable bonds is 5. The summed E-state index contributed by atoms with van der Waals surface area (Å²) in [4.78, 5) is 24.2. The maximum Gasteiger partial charge on any atom is 0.335 e. The van der Waals surface area contributed by atoms with Crippen LogP contribution >= 0.6 is 0 Å². The van der Waals surface area contributed by atoms with Crippen LogP contribution in [0.5, 0.6) is 28.7 Å². The molecule has 1 aliphatic rings. The second-order valence-electron chi connectivity index (χ2n) is 7.66. The van der Waals surface area contributed by atoms with Crippen molar-refractivity contribution in [3.8, 4) is 40.1 Å². The van der Waals surface area contributed by atoms with Gasteiger partial charge in [0.15, 0.2) is 34.4 Å². The summed E-state index contributed by atoms with van der Waals surface area (Å²) in [5.41, 5.74) is -1.01. The van der Waals surface area contributed by atoms with E-state index >= 15 is 0 Å². The molecule has 0 aliphatic carbocycles. The van der Waals surface area contributed by atoms with E-state index in [1.165, 1.54) is 25.3 Å². The van der Waals surface area contributed by atoms with Gasteiger partial charge in [-0.1, -0.05) is 0 Å². The highest BCUT2D eigenvalue weighted by molar-refractivity contribution is 5.91. The summed E-state index contributed by atoms with van der Waals surface area (Å²) in [6, 6.07) is 5.81. The first-order valence-electron chi connectivity index (χ1n) is 10.0. The molecule has 5 unspecified atom stereocenters. The van der Waals surface area contributed by atoms with Crippen LogP contribution in [0.25, 0.3) is 22.3 Å². The number of carboxylic acid groups (broad SMARTS) is 1. The maximum absolute atomic E-state index is 12.8. The van der Waals surface area contributed by atoms with Gasteiger partial charge in [0.05, 0.1) is 7.11 Å². The Kier molecular flexibility index (Phi) is 6.17. The molecule has 186 valence electrons. The van der Waals surface area contributed by atoms with Crippen molar-refractivity contribution in [2.75, 3.05) is 7.11 Å². The summed E-state index contributed by atoms with van der Waals surface area (Å²) < 4.78 is 21.2. The highest BCUT2D eigenvalue weighted by Gasteiger charge is 2.48. The molecular formula is C22H20O13. The summed E-state index contributed by atoms with van der Waals surface area (Å²) >= 11 is 0. The zero-order valence-corrected chi connectivity index (χ0v) is 17.9. The Bertz CT molecular complexity index is 1350. The molecule has 1 saturated heterocycles. The van der Waals surface area contributed by atoms with Crippen molar-refractivity contribution in [3.05, 3.63) is 40.6 Å². The van der Waals surface area contributed by atoms with Gasteiger partial charge < -0.3 is 54.4 Å². The van der Waals surface area contributed by atoms with Gasteiger partial charge in [0.2, 0.25) is 12.0 Å². The molecule has 0 spiro atoms. The molecule has 0 amide bonds. The van der Waals surface area contributed by atoms with Crippen LogP contribution in [0.3, 0.4) is 0 Å². The molecule has 3 aromatic rings. The molecule has 2 heterocycles. The van der Waals surface area contributed by atoms with Crippen LogP contribution in [-0.2, 0) is 9.53 Å². The number of hydrogen-bond acceptors (Lipinski definition) is 12. The summed E-state index contributed by atoms with van der Waals surface area (Å²) in [7, 11) is 1.31. The van der Waals surface area contributed by atoms with E-state index in [1.807, 2.05) is 0 Å². The van der Waals surface area contributed by atoms with E-state index in [9.17, 15) is 45.3 Å². The number of ether oxygens (including phenoxy) is 3. The van der Waals surface area contributed by atoms with Gasteiger partial charge in [0.25, 0.3) is 0 Å². The van der Waals surface area contributed by atoms with Gasteiger partial charge >= 0.3 is 5.97 Å². The topological polar surface area (TPSA) is 217 Å². The Labute approximate surface area is 195 Å². The van der Waals surface area contributed by atoms with E-state index in [4.69, 9.17) is 18.6 Å². The standard InChI is InChI=1S/C22H20O13/c1-32-13-4-7(2-3-8(13)23)12-6-10(25)14-9(24)5-11(26)18(19(14)33-12)34-22-17(29)15(27)16(28)20(35-22)21(30)31/h2-6,15-17,20,22-24,26-29H,1H3,(H,30,31). The highest BCUT2D eigenvalue weighted by Crippen LogP contribution is 2.42. The van der Waals surface area contributed by atoms with Crippen LogP contribution < -0.4 is 14.9 Å². The average molecular weight is 492 g/mol. The van der Waals surface area contributed by atoms with Crippen molar-refractivity contribution in [2.45, 2.75) is 30.7 Å². The molecule has 7 N–H and O–H groups in total. The zero-order chi connectivity index (χ0) is 25.6. The van der Waals surface area contributed by atoms with E-state index in [0.29, 0.717) is 0 Å². The molecule has 0 radical (unpaired) electrons. The lowest BCUT2D eigenvalue weighted by Crippen LogP contribution is -2.61. The fourth-order valence-corrected chi connectivity index (χ4v) is 3.63. The predicted octanol–water partition coefficient (Wildman–Crippen LogP) is -0.144. The quantitative estimate of drug-likeness (QED) is 0.247. The normalized spacial score (nSPS) is 24.3. The van der Waals surface area contributed by atoms with Crippen molar-refractivity contribution in [1.29, 1.82) is 0 Å². The van der Waals surface area contributed by atoms with Crippen LogP contribution in [0.2, 0.25) is 0 Å². The fourth-order valence-electron chi connectivity index (χ4n) is 3.63. The molecule has 13 nitrogen and oxygen atoms in total. The van der Waals surface area contributed by atoms with E-state index in [-0.39, 0.29) is 22.8 Å². The van der Waals surface area contributed by atoms with Gasteiger partial charge in [0, 0.05) is 17.7 Å². The lowest BCUT2D eigenvalue weighted by Gasteiger charge is -2.38. The number of hydrogen-bond donors (Lipinski definition) is 7. The number of fused-ring (bicyclic) bond motifs is 1. The molecule has 35 heavy (non-hydrogen) atoms. The van der Waals surface area contributed by atoms with Crippen molar-refractivity contribution in [2.24, 2.45) is 0 Å². The SMILES string of the molecule is COc1cc(-c2cc(=O)c3c(O)cc(O)c(OC4OC(C(=O)O)C(O)C(O)C4O)c3o2)ccc1O. The molecule has 1 fully saturated rings. The molecule has 13 heteroatoms. The number of aliphatic carboxylic acids is 1. The number of carboxylic acids is 1. The van der Waals surface area contributed by atoms with Crippen molar-refractivity contribution < 1.29 is 59.2 Å². The fraction of sp³-hybridized carbons (Fsp3) is 0.273. The average Bonchev–Trinajstić information content (AvgIpc) is 2.81. The van der Waals surface area contributed by atoms with Crippen LogP contribution in [0, 0.1) is 0 Å². The molecule has 1 aromatic heterocycles. The van der Waals surface area contributed by atoms with E-state index < -0.39 is 70.3 Å². The highest BCUT2D eigenvalue weighted by atomic mass is 16.7. The van der Waals surface area contributed by atoms with E-state index in [0.717, 1.165) is 12.1 Å². The van der Waals surface area contributed by atoms with Gasteiger partial charge in [0.1, 0.15) is 35.2 Å². The van der Waals surface area contributed by atoms with Gasteiger partial charge in [-0.25, -0.2) is 4.79 Å². The number of aliphatic hydroxyl groups excluding tert-OH is 3. The van der Waals surface area contributed by atoms with Gasteiger partial charge in [-0.3, -0.25) is 4.79 Å². The zero-order valence-electron chi connectivity index (χ0n) is 17.9. The first kappa shape index (κ1) is 24.1. The minimum atomic E-state index is -1.99. The summed E-state index contributed by atoms with van der Waals surface area (Å²) in [6.07, 6.45) is -9.87. The van der Waals surface area contributed by atoms with Crippen molar-refractivity contribution in [3.63, 3.8) is 0 Å². The Morgan fingerprint density at radius 2 is 1.66 bits per heavy atom. The molecule has 2 aromatic carbocycles. The number of benzene rings is 2. The van der Waals surface area contributed by atoms with Crippen molar-refractivity contribution in [1.82, 2.24) is 0 Å². The number of phenolic OH excluding ortho intramolecular Hbond substituents is 3. The number of phenols is 3. The maximum atomic E-state index is 12.8. The van der Waals surface area contributed by atoms with Gasteiger partial charge in [-0.05, 0) is 18.2 Å². The lowest BCUT2D eigenvalue weighted by atomic mass is 9.99. The van der Waals surface area contributed by atoms with Crippen LogP contribution in [0.1, 0.15) is 0 Å². The number of methoxy groups -OCH3 is 1. The number of aliphatic hydroxyl groups is 3. The Hall–Kier alpha value is -4.04. The number of aromatic hydroxyl groups is 3. The smallest absolute Gasteiger partial charge is 0.335 e. The third-order valence-corrected chi connectivity index (χ3v) is 5.43. The summed E-state index contributed by atoms with van der Waals surface area (Å²) in [5.74, 6) is -3.95. The van der Waals surface area contributed by atoms with Gasteiger partial charge in [-0.2, -0.15) is 0 Å². The third-order valence-electron chi connectivity index (χ3n) is 5.43. The van der Waals surface area contributed by atoms with Crippen molar-refractivity contribution >= 4 is 16.9 Å². The summed E-state index contributed by atoms with van der Waals surface area (Å²) in [5, 5.41) is 69.3. The second-order valence-corrected chi connectivity index (χ2v) is 7.66. The van der Waals surface area contributed by atoms with Crippen LogP contribution in [0.15, 0.2) is 39.5 Å². The second kappa shape index (κ2) is 8.96. The molecule has 4 rings (SSSR count). The van der Waals surface area contributed by atoms with Crippen LogP contribution in [-0.4, -0.2) is 79.5 Å². The van der Waals surface area contributed by atoms with Gasteiger partial charge in [-0.15, -0.1) is 0 Å². The molecule has 0 saturated carbocycles. The molecule has 5 atom stereocenters. The number of carbonyl (C=O) groups is 1. The van der Waals surface area contributed by atoms with Crippen LogP contribution in [0.4, 0.5) is 0 Å². The molecule has 0 bridgehead atoms. The monoisotopic (exact) mass is 492 g/mol. The minimum absolute atomic E-state index is 0.0615. The molecular weight excluding hydrogens is 472 g/mol. The largest absolute Gasteiger partial charge is 0.507 e. The van der Waals surface area contributed by atoms with E-state index in [2.05, 4.69) is 0 Å².